The molecule has 1 aromatic carbocycles. The first-order valence-electron chi connectivity index (χ1n) is 6.86. The zero-order chi connectivity index (χ0) is 15.0. The molecule has 1 saturated heterocycles. The Morgan fingerprint density at radius 3 is 2.67 bits per heavy atom. The minimum Gasteiger partial charge on any atom is -0.375 e. The van der Waals surface area contributed by atoms with Gasteiger partial charge in [0.2, 0.25) is 0 Å². The summed E-state index contributed by atoms with van der Waals surface area (Å²) >= 11 is 1.43. The summed E-state index contributed by atoms with van der Waals surface area (Å²) in [5.74, 6) is -1.14. The number of likely N-dealkylation sites (tertiary alicyclic amines) is 1. The molecule has 1 aliphatic rings. The Balaban J connectivity index is 1.64. The van der Waals surface area contributed by atoms with Gasteiger partial charge in [0.25, 0.3) is 0 Å². The van der Waals surface area contributed by atoms with Crippen LogP contribution in [-0.4, -0.2) is 29.1 Å². The highest BCUT2D eigenvalue weighted by Gasteiger charge is 2.40. The first kappa shape index (κ1) is 14.6. The van der Waals surface area contributed by atoms with Crippen LogP contribution in [0, 0.1) is 5.92 Å². The van der Waals surface area contributed by atoms with E-state index in [2.05, 4.69) is 9.88 Å². The molecule has 2 N–H and O–H groups in total. The standard InChI is InChI=1S/C14H16F3N3S/c15-14(16,17)10-3-5-20(6-4-10)8-9-1-2-11-12(7-9)21-13(18)19-11/h1-2,7,10H,3-6,8H2,(H2,18,19). The Morgan fingerprint density at radius 1 is 1.29 bits per heavy atom. The van der Waals surface area contributed by atoms with Gasteiger partial charge in [-0.3, -0.25) is 4.90 Å². The highest BCUT2D eigenvalue weighted by molar-refractivity contribution is 7.22. The molecular formula is C14H16F3N3S. The third kappa shape index (κ3) is 3.29. The van der Waals surface area contributed by atoms with E-state index in [4.69, 9.17) is 5.73 Å². The van der Waals surface area contributed by atoms with Crippen LogP contribution in [0.2, 0.25) is 0 Å². The predicted octanol–water partition coefficient (Wildman–Crippen LogP) is 3.65. The van der Waals surface area contributed by atoms with Crippen molar-refractivity contribution in [1.29, 1.82) is 0 Å². The van der Waals surface area contributed by atoms with Gasteiger partial charge in [-0.1, -0.05) is 17.4 Å². The first-order chi connectivity index (χ1) is 9.91. The average Bonchev–Trinajstić information content (AvgIpc) is 2.78. The van der Waals surface area contributed by atoms with E-state index in [1.54, 1.807) is 0 Å². The zero-order valence-electron chi connectivity index (χ0n) is 11.4. The number of hydrogen-bond acceptors (Lipinski definition) is 4. The van der Waals surface area contributed by atoms with Crippen LogP contribution in [0.1, 0.15) is 18.4 Å². The summed E-state index contributed by atoms with van der Waals surface area (Å²) in [7, 11) is 0. The fraction of sp³-hybridized carbons (Fsp3) is 0.500. The number of anilines is 1. The fourth-order valence-corrected chi connectivity index (χ4v) is 3.56. The largest absolute Gasteiger partial charge is 0.391 e. The number of aromatic nitrogens is 1. The monoisotopic (exact) mass is 315 g/mol. The van der Waals surface area contributed by atoms with Crippen LogP contribution in [0.15, 0.2) is 18.2 Å². The van der Waals surface area contributed by atoms with Gasteiger partial charge in [-0.2, -0.15) is 13.2 Å². The molecule has 0 aliphatic carbocycles. The SMILES string of the molecule is Nc1nc2ccc(CN3CCC(C(F)(F)F)CC3)cc2s1. The number of benzene rings is 1. The predicted molar refractivity (Wildman–Crippen MR) is 78.1 cm³/mol. The van der Waals surface area contributed by atoms with Crippen molar-refractivity contribution in [2.24, 2.45) is 5.92 Å². The third-order valence-corrected chi connectivity index (χ3v) is 4.77. The molecule has 0 saturated carbocycles. The van der Waals surface area contributed by atoms with Gasteiger partial charge in [-0.05, 0) is 43.6 Å². The molecule has 1 fully saturated rings. The number of nitrogens with two attached hydrogens (primary N) is 1. The summed E-state index contributed by atoms with van der Waals surface area (Å²) in [6.07, 6.45) is -3.66. The molecule has 1 aliphatic heterocycles. The fourth-order valence-electron chi connectivity index (χ4n) is 2.76. The van der Waals surface area contributed by atoms with E-state index in [0.29, 0.717) is 24.8 Å². The van der Waals surface area contributed by atoms with Gasteiger partial charge in [-0.25, -0.2) is 4.98 Å². The van der Waals surface area contributed by atoms with Crippen LogP contribution in [0.3, 0.4) is 0 Å². The average molecular weight is 315 g/mol. The third-order valence-electron chi connectivity index (χ3n) is 3.93. The molecule has 2 heterocycles. The highest BCUT2D eigenvalue weighted by Crippen LogP contribution is 2.34. The molecule has 1 aromatic heterocycles. The van der Waals surface area contributed by atoms with E-state index in [1.807, 2.05) is 18.2 Å². The second-order valence-electron chi connectivity index (χ2n) is 5.45. The zero-order valence-corrected chi connectivity index (χ0v) is 12.2. The van der Waals surface area contributed by atoms with Crippen LogP contribution in [0.25, 0.3) is 10.2 Å². The molecule has 0 bridgehead atoms. The molecular weight excluding hydrogens is 299 g/mol. The quantitative estimate of drug-likeness (QED) is 0.920. The molecule has 0 unspecified atom stereocenters. The van der Waals surface area contributed by atoms with Crippen molar-refractivity contribution < 1.29 is 13.2 Å². The van der Waals surface area contributed by atoms with E-state index < -0.39 is 12.1 Å². The maximum atomic E-state index is 12.6. The lowest BCUT2D eigenvalue weighted by molar-refractivity contribution is -0.185. The van der Waals surface area contributed by atoms with Gasteiger partial charge in [0.05, 0.1) is 16.1 Å². The lowest BCUT2D eigenvalue weighted by atomic mass is 9.96. The Hall–Kier alpha value is -1.34. The van der Waals surface area contributed by atoms with Gasteiger partial charge >= 0.3 is 6.18 Å². The molecule has 3 rings (SSSR count). The van der Waals surface area contributed by atoms with Crippen molar-refractivity contribution in [3.8, 4) is 0 Å². The van der Waals surface area contributed by atoms with Crippen LogP contribution >= 0.6 is 11.3 Å². The number of nitrogen functional groups attached to an aromatic ring is 1. The van der Waals surface area contributed by atoms with E-state index in [-0.39, 0.29) is 12.8 Å². The van der Waals surface area contributed by atoms with E-state index in [9.17, 15) is 13.2 Å². The second kappa shape index (κ2) is 5.46. The van der Waals surface area contributed by atoms with Crippen molar-refractivity contribution >= 4 is 26.7 Å². The molecule has 7 heteroatoms. The summed E-state index contributed by atoms with van der Waals surface area (Å²) in [6.45, 7) is 1.67. The topological polar surface area (TPSA) is 42.1 Å². The number of fused-ring (bicyclic) bond motifs is 1. The number of thiazole rings is 1. The van der Waals surface area contributed by atoms with Crippen LogP contribution < -0.4 is 5.73 Å². The molecule has 0 atom stereocenters. The molecule has 21 heavy (non-hydrogen) atoms. The van der Waals surface area contributed by atoms with Gasteiger partial charge in [0.1, 0.15) is 0 Å². The lowest BCUT2D eigenvalue weighted by Gasteiger charge is -2.32. The summed E-state index contributed by atoms with van der Waals surface area (Å²) in [6, 6.07) is 5.91. The van der Waals surface area contributed by atoms with Crippen LogP contribution in [-0.2, 0) is 6.54 Å². The number of alkyl halides is 3. The number of hydrogen-bond donors (Lipinski definition) is 1. The molecule has 3 nitrogen and oxygen atoms in total. The Morgan fingerprint density at radius 2 is 2.00 bits per heavy atom. The van der Waals surface area contributed by atoms with Crippen molar-refractivity contribution in [2.75, 3.05) is 18.8 Å². The number of halogens is 3. The van der Waals surface area contributed by atoms with E-state index in [0.717, 1.165) is 15.8 Å². The molecule has 114 valence electrons. The Bertz CT molecular complexity index is 630. The number of nitrogens with zero attached hydrogens (tertiary/aromatic N) is 2. The van der Waals surface area contributed by atoms with E-state index in [1.165, 1.54) is 11.3 Å². The lowest BCUT2D eigenvalue weighted by Crippen LogP contribution is -2.38. The second-order valence-corrected chi connectivity index (χ2v) is 6.51. The molecule has 0 radical (unpaired) electrons. The molecule has 0 spiro atoms. The van der Waals surface area contributed by atoms with Crippen LogP contribution in [0.5, 0.6) is 0 Å². The summed E-state index contributed by atoms with van der Waals surface area (Å²) in [5.41, 5.74) is 7.64. The van der Waals surface area contributed by atoms with Crippen molar-refractivity contribution in [3.63, 3.8) is 0 Å². The van der Waals surface area contributed by atoms with Gasteiger partial charge in [0, 0.05) is 6.54 Å². The van der Waals surface area contributed by atoms with Crippen molar-refractivity contribution in [1.82, 2.24) is 9.88 Å². The summed E-state index contributed by atoms with van der Waals surface area (Å²) in [5, 5.41) is 0.535. The number of piperidine rings is 1. The maximum absolute atomic E-state index is 12.6. The minimum atomic E-state index is -4.05. The van der Waals surface area contributed by atoms with Crippen molar-refractivity contribution in [3.05, 3.63) is 23.8 Å². The van der Waals surface area contributed by atoms with E-state index >= 15 is 0 Å². The Labute approximate surface area is 124 Å². The first-order valence-corrected chi connectivity index (χ1v) is 7.67. The van der Waals surface area contributed by atoms with Crippen LogP contribution in [0.4, 0.5) is 18.3 Å². The summed E-state index contributed by atoms with van der Waals surface area (Å²) < 4.78 is 38.9. The minimum absolute atomic E-state index is 0.194. The molecule has 2 aromatic rings. The number of rotatable bonds is 2. The summed E-state index contributed by atoms with van der Waals surface area (Å²) in [4.78, 5) is 6.27. The highest BCUT2D eigenvalue weighted by atomic mass is 32.1. The van der Waals surface area contributed by atoms with Crippen molar-refractivity contribution in [2.45, 2.75) is 25.6 Å². The Kier molecular flexibility index (Phi) is 3.79. The van der Waals surface area contributed by atoms with Gasteiger partial charge < -0.3 is 5.73 Å². The van der Waals surface area contributed by atoms with Gasteiger partial charge in [0.15, 0.2) is 5.13 Å². The smallest absolute Gasteiger partial charge is 0.375 e. The maximum Gasteiger partial charge on any atom is 0.391 e. The normalized spacial score (nSPS) is 18.4. The van der Waals surface area contributed by atoms with Gasteiger partial charge in [-0.15, -0.1) is 0 Å². The molecule has 0 amide bonds.